The molecule has 0 N–H and O–H groups in total. The average molecular weight is 342 g/mol. The van der Waals surface area contributed by atoms with Crippen LogP contribution >= 0.6 is 0 Å². The van der Waals surface area contributed by atoms with E-state index in [1.165, 1.54) is 0 Å². The summed E-state index contributed by atoms with van der Waals surface area (Å²) in [6, 6.07) is 0. The molecule has 0 unspecified atom stereocenters. The number of ether oxygens (including phenoxy) is 1. The third kappa shape index (κ3) is 10.2. The summed E-state index contributed by atoms with van der Waals surface area (Å²) in [6.45, 7) is 15.4. The smallest absolute Gasteiger partial charge is 0.152 e. The Kier molecular flexibility index (Phi) is 8.54. The normalized spacial score (nSPS) is 18.4. The van der Waals surface area contributed by atoms with Gasteiger partial charge in [0.2, 0.25) is 0 Å². The van der Waals surface area contributed by atoms with E-state index < -0.39 is 5.67 Å². The van der Waals surface area contributed by atoms with E-state index in [9.17, 15) is 9.18 Å². The monoisotopic (exact) mass is 342 g/mol. The minimum atomic E-state index is -1.16. The molecule has 5 heteroatoms. The van der Waals surface area contributed by atoms with Gasteiger partial charge in [-0.2, -0.15) is 0 Å². The number of allylic oxidation sites excluding steroid dienone is 1. The Morgan fingerprint density at radius 2 is 1.67 bits per heavy atom. The Morgan fingerprint density at radius 3 is 2.21 bits per heavy atom. The van der Waals surface area contributed by atoms with E-state index in [1.807, 2.05) is 6.08 Å². The largest absolute Gasteiger partial charge is 0.375 e. The molecular formula is C19H35FN2O2. The van der Waals surface area contributed by atoms with Crippen LogP contribution in [-0.4, -0.2) is 72.7 Å². The van der Waals surface area contributed by atoms with Gasteiger partial charge in [-0.25, -0.2) is 4.39 Å². The van der Waals surface area contributed by atoms with Gasteiger partial charge in [-0.15, -0.1) is 0 Å². The third-order valence-electron chi connectivity index (χ3n) is 4.40. The predicted octanol–water partition coefficient (Wildman–Crippen LogP) is 3.07. The molecule has 1 fully saturated rings. The van der Waals surface area contributed by atoms with Crippen LogP contribution in [0.2, 0.25) is 0 Å². The first-order valence-electron chi connectivity index (χ1n) is 9.02. The summed E-state index contributed by atoms with van der Waals surface area (Å²) in [5, 5.41) is 0. The topological polar surface area (TPSA) is 32.8 Å². The first kappa shape index (κ1) is 21.3. The number of piperazine rings is 1. The Hall–Kier alpha value is -0.780. The van der Waals surface area contributed by atoms with Gasteiger partial charge in [0.25, 0.3) is 0 Å². The van der Waals surface area contributed by atoms with Crippen molar-refractivity contribution in [1.29, 1.82) is 0 Å². The van der Waals surface area contributed by atoms with E-state index in [-0.39, 0.29) is 11.4 Å². The molecule has 0 aliphatic carbocycles. The van der Waals surface area contributed by atoms with E-state index in [0.29, 0.717) is 13.0 Å². The van der Waals surface area contributed by atoms with Crippen molar-refractivity contribution in [3.8, 4) is 0 Å². The number of alkyl halides is 1. The first-order valence-corrected chi connectivity index (χ1v) is 9.02. The maximum Gasteiger partial charge on any atom is 0.152 e. The number of halogens is 1. The van der Waals surface area contributed by atoms with Crippen molar-refractivity contribution in [1.82, 2.24) is 9.80 Å². The van der Waals surface area contributed by atoms with Gasteiger partial charge in [-0.1, -0.05) is 6.08 Å². The number of rotatable bonds is 10. The van der Waals surface area contributed by atoms with Crippen molar-refractivity contribution in [2.75, 3.05) is 45.9 Å². The Bertz CT molecular complexity index is 408. The molecule has 1 aliphatic heterocycles. The SMILES string of the molecule is CC(=O)/C=C/CN1CCN(CCC(C)(C)OCCC(C)(C)F)CC1. The van der Waals surface area contributed by atoms with Crippen LogP contribution in [0, 0.1) is 0 Å². The Labute approximate surface area is 147 Å². The number of nitrogens with zero attached hydrogens (tertiary/aromatic N) is 2. The van der Waals surface area contributed by atoms with E-state index >= 15 is 0 Å². The predicted molar refractivity (Wildman–Crippen MR) is 97.2 cm³/mol. The fraction of sp³-hybridized carbons (Fsp3) is 0.842. The quantitative estimate of drug-likeness (QED) is 0.571. The van der Waals surface area contributed by atoms with Crippen LogP contribution in [0.25, 0.3) is 0 Å². The minimum Gasteiger partial charge on any atom is -0.375 e. The van der Waals surface area contributed by atoms with E-state index in [0.717, 1.165) is 45.7 Å². The number of carbonyl (C=O) groups is 1. The Morgan fingerprint density at radius 1 is 1.08 bits per heavy atom. The van der Waals surface area contributed by atoms with Crippen molar-refractivity contribution >= 4 is 5.78 Å². The maximum absolute atomic E-state index is 13.5. The van der Waals surface area contributed by atoms with Crippen LogP contribution < -0.4 is 0 Å². The van der Waals surface area contributed by atoms with Crippen LogP contribution in [0.1, 0.15) is 47.5 Å². The molecule has 0 bridgehead atoms. The van der Waals surface area contributed by atoms with Crippen LogP contribution in [0.4, 0.5) is 4.39 Å². The fourth-order valence-corrected chi connectivity index (χ4v) is 2.63. The molecular weight excluding hydrogens is 307 g/mol. The lowest BCUT2D eigenvalue weighted by atomic mass is 10.0. The number of ketones is 1. The zero-order chi connectivity index (χ0) is 18.2. The van der Waals surface area contributed by atoms with Crippen molar-refractivity contribution in [2.24, 2.45) is 0 Å². The first-order chi connectivity index (χ1) is 11.1. The van der Waals surface area contributed by atoms with Gasteiger partial charge < -0.3 is 9.64 Å². The molecule has 0 aromatic rings. The van der Waals surface area contributed by atoms with Gasteiger partial charge in [0, 0.05) is 45.7 Å². The molecule has 0 amide bonds. The highest BCUT2D eigenvalue weighted by Gasteiger charge is 2.23. The molecule has 24 heavy (non-hydrogen) atoms. The highest BCUT2D eigenvalue weighted by atomic mass is 19.1. The molecule has 0 radical (unpaired) electrons. The molecule has 4 nitrogen and oxygen atoms in total. The number of hydrogen-bond donors (Lipinski definition) is 0. The summed E-state index contributed by atoms with van der Waals surface area (Å²) in [7, 11) is 0. The summed E-state index contributed by atoms with van der Waals surface area (Å²) < 4.78 is 19.4. The second-order valence-electron chi connectivity index (χ2n) is 7.98. The molecule has 0 aromatic heterocycles. The zero-order valence-electron chi connectivity index (χ0n) is 16.1. The van der Waals surface area contributed by atoms with Crippen LogP contribution in [-0.2, 0) is 9.53 Å². The van der Waals surface area contributed by atoms with Crippen LogP contribution in [0.5, 0.6) is 0 Å². The minimum absolute atomic E-state index is 0.104. The van der Waals surface area contributed by atoms with Gasteiger partial charge in [0.05, 0.1) is 12.2 Å². The molecule has 0 saturated carbocycles. The van der Waals surface area contributed by atoms with Crippen molar-refractivity contribution in [3.63, 3.8) is 0 Å². The molecule has 1 aliphatic rings. The highest BCUT2D eigenvalue weighted by molar-refractivity contribution is 5.87. The zero-order valence-corrected chi connectivity index (χ0v) is 16.1. The summed E-state index contributed by atoms with van der Waals surface area (Å²) in [4.78, 5) is 15.7. The molecule has 0 atom stereocenters. The van der Waals surface area contributed by atoms with Gasteiger partial charge in [0.15, 0.2) is 5.78 Å². The van der Waals surface area contributed by atoms with Gasteiger partial charge in [-0.3, -0.25) is 9.69 Å². The molecule has 0 aromatic carbocycles. The summed E-state index contributed by atoms with van der Waals surface area (Å²) >= 11 is 0. The molecule has 0 spiro atoms. The number of carbonyl (C=O) groups excluding carboxylic acids is 1. The Balaban J connectivity index is 2.21. The molecule has 1 rings (SSSR count). The molecule has 1 saturated heterocycles. The second kappa shape index (κ2) is 9.64. The van der Waals surface area contributed by atoms with Gasteiger partial charge in [-0.05, 0) is 47.1 Å². The summed E-state index contributed by atoms with van der Waals surface area (Å²) in [5.41, 5.74) is -1.38. The van der Waals surface area contributed by atoms with E-state index in [2.05, 4.69) is 23.6 Å². The lowest BCUT2D eigenvalue weighted by Crippen LogP contribution is -2.47. The lowest BCUT2D eigenvalue weighted by molar-refractivity contribution is -0.112. The lowest BCUT2D eigenvalue weighted by Gasteiger charge is -2.36. The highest BCUT2D eigenvalue weighted by Crippen LogP contribution is 2.20. The summed E-state index contributed by atoms with van der Waals surface area (Å²) in [6.07, 6.45) is 4.97. The average Bonchev–Trinajstić information content (AvgIpc) is 2.44. The van der Waals surface area contributed by atoms with Crippen LogP contribution in [0.15, 0.2) is 12.2 Å². The van der Waals surface area contributed by atoms with Gasteiger partial charge in [0.1, 0.15) is 5.67 Å². The molecule has 140 valence electrons. The molecule has 1 heterocycles. The van der Waals surface area contributed by atoms with Crippen molar-refractivity contribution < 1.29 is 13.9 Å². The van der Waals surface area contributed by atoms with Crippen molar-refractivity contribution in [2.45, 2.75) is 58.7 Å². The van der Waals surface area contributed by atoms with Crippen LogP contribution in [0.3, 0.4) is 0 Å². The van der Waals surface area contributed by atoms with E-state index in [4.69, 9.17) is 4.74 Å². The number of hydrogen-bond acceptors (Lipinski definition) is 4. The van der Waals surface area contributed by atoms with Crippen molar-refractivity contribution in [3.05, 3.63) is 12.2 Å². The maximum atomic E-state index is 13.5. The van der Waals surface area contributed by atoms with E-state index in [1.54, 1.807) is 26.8 Å². The standard InChI is InChI=1S/C19H35FN2O2/c1-17(23)7-6-10-21-12-14-22(15-13-21)11-8-19(4,5)24-16-9-18(2,3)20/h6-7H,8-16H2,1-5H3/b7-6+. The third-order valence-corrected chi connectivity index (χ3v) is 4.40. The summed E-state index contributed by atoms with van der Waals surface area (Å²) in [5.74, 6) is 0.104. The van der Waals surface area contributed by atoms with Gasteiger partial charge >= 0.3 is 0 Å². The second-order valence-corrected chi connectivity index (χ2v) is 7.98. The fourth-order valence-electron chi connectivity index (χ4n) is 2.63.